The topological polar surface area (TPSA) is 25.8 Å². The molecule has 0 N–H and O–H groups in total. The second-order valence-electron chi connectivity index (χ2n) is 2.62. The lowest BCUT2D eigenvalue weighted by Crippen LogP contribution is -1.79. The van der Waals surface area contributed by atoms with Crippen molar-refractivity contribution in [2.75, 3.05) is 0 Å². The van der Waals surface area contributed by atoms with Crippen LogP contribution >= 0.6 is 34.7 Å². The van der Waals surface area contributed by atoms with Gasteiger partial charge in [0.05, 0.1) is 0 Å². The molecule has 2 aromatic rings. The van der Waals surface area contributed by atoms with Crippen LogP contribution in [0.4, 0.5) is 0 Å². The molecule has 1 aromatic heterocycles. The number of thioether (sulfide) groups is 1. The first-order valence-corrected chi connectivity index (χ1v) is 6.22. The van der Waals surface area contributed by atoms with Crippen molar-refractivity contribution in [3.05, 3.63) is 40.4 Å². The monoisotopic (exact) mass is 242 g/mol. The molecule has 0 saturated heterocycles. The molecule has 0 bridgehead atoms. The van der Waals surface area contributed by atoms with Gasteiger partial charge < -0.3 is 0 Å². The minimum Gasteiger partial charge on any atom is -0.146 e. The summed E-state index contributed by atoms with van der Waals surface area (Å²) in [4.78, 5) is 0. The predicted octanol–water partition coefficient (Wildman–Crippen LogP) is 3.48. The molecule has 1 aromatic carbocycles. The van der Waals surface area contributed by atoms with Crippen LogP contribution in [0.1, 0.15) is 5.56 Å². The summed E-state index contributed by atoms with van der Waals surface area (Å²) in [6.45, 7) is 0. The standard InChI is InChI=1S/C9H7ClN2S2/c10-8-3-1-7(2-4-8)5-13-9-12-11-6-14-9/h1-4,6H,5H2. The molecule has 0 atom stereocenters. The summed E-state index contributed by atoms with van der Waals surface area (Å²) >= 11 is 9.03. The second-order valence-corrected chi connectivity index (χ2v) is 5.11. The molecule has 0 saturated carbocycles. The van der Waals surface area contributed by atoms with E-state index in [0.717, 1.165) is 15.1 Å². The third-order valence-electron chi connectivity index (χ3n) is 1.62. The van der Waals surface area contributed by atoms with Gasteiger partial charge in [-0.3, -0.25) is 0 Å². The second kappa shape index (κ2) is 4.77. The number of halogens is 1. The maximum Gasteiger partial charge on any atom is 0.174 e. The number of hydrogen-bond donors (Lipinski definition) is 0. The average Bonchev–Trinajstić information content (AvgIpc) is 2.70. The molecule has 5 heteroatoms. The van der Waals surface area contributed by atoms with E-state index in [1.54, 1.807) is 28.6 Å². The van der Waals surface area contributed by atoms with Crippen LogP contribution in [-0.4, -0.2) is 10.2 Å². The number of rotatable bonds is 3. The quantitative estimate of drug-likeness (QED) is 0.771. The van der Waals surface area contributed by atoms with Crippen LogP contribution in [0.3, 0.4) is 0 Å². The van der Waals surface area contributed by atoms with Crippen molar-refractivity contribution in [1.29, 1.82) is 0 Å². The minimum atomic E-state index is 0.773. The van der Waals surface area contributed by atoms with Crippen LogP contribution < -0.4 is 0 Å². The zero-order chi connectivity index (χ0) is 9.80. The first-order valence-electron chi connectivity index (χ1n) is 3.98. The highest BCUT2D eigenvalue weighted by atomic mass is 35.5. The first-order chi connectivity index (χ1) is 6.84. The smallest absolute Gasteiger partial charge is 0.146 e. The van der Waals surface area contributed by atoms with Gasteiger partial charge in [0.25, 0.3) is 0 Å². The summed E-state index contributed by atoms with van der Waals surface area (Å²) in [6.07, 6.45) is 0. The normalized spacial score (nSPS) is 10.4. The lowest BCUT2D eigenvalue weighted by atomic mass is 10.2. The molecule has 0 radical (unpaired) electrons. The fraction of sp³-hybridized carbons (Fsp3) is 0.111. The van der Waals surface area contributed by atoms with E-state index in [9.17, 15) is 0 Å². The van der Waals surface area contributed by atoms with Crippen molar-refractivity contribution < 1.29 is 0 Å². The molecule has 0 spiro atoms. The lowest BCUT2D eigenvalue weighted by molar-refractivity contribution is 1.01. The van der Waals surface area contributed by atoms with Crippen molar-refractivity contribution in [2.45, 2.75) is 10.1 Å². The van der Waals surface area contributed by atoms with E-state index in [2.05, 4.69) is 10.2 Å². The fourth-order valence-electron chi connectivity index (χ4n) is 0.952. The summed E-state index contributed by atoms with van der Waals surface area (Å²) in [7, 11) is 0. The van der Waals surface area contributed by atoms with Gasteiger partial charge in [-0.1, -0.05) is 46.8 Å². The molecular formula is C9H7ClN2S2. The summed E-state index contributed by atoms with van der Waals surface area (Å²) in [5.74, 6) is 0.909. The molecule has 2 rings (SSSR count). The third-order valence-corrected chi connectivity index (χ3v) is 3.80. The maximum atomic E-state index is 5.78. The zero-order valence-electron chi connectivity index (χ0n) is 7.18. The Morgan fingerprint density at radius 3 is 2.71 bits per heavy atom. The first kappa shape index (κ1) is 9.96. The van der Waals surface area contributed by atoms with Crippen LogP contribution in [0.15, 0.2) is 34.1 Å². The lowest BCUT2D eigenvalue weighted by Gasteiger charge is -1.97. The molecule has 0 aliphatic carbocycles. The van der Waals surface area contributed by atoms with Crippen molar-refractivity contribution in [3.63, 3.8) is 0 Å². The van der Waals surface area contributed by atoms with Crippen LogP contribution in [-0.2, 0) is 5.75 Å². The molecule has 72 valence electrons. The highest BCUT2D eigenvalue weighted by Gasteiger charge is 1.98. The molecule has 1 heterocycles. The molecule has 0 fully saturated rings. The van der Waals surface area contributed by atoms with Crippen LogP contribution in [0, 0.1) is 0 Å². The Balaban J connectivity index is 1.95. The number of aromatic nitrogens is 2. The van der Waals surface area contributed by atoms with E-state index in [-0.39, 0.29) is 0 Å². The predicted molar refractivity (Wildman–Crippen MR) is 60.9 cm³/mol. The van der Waals surface area contributed by atoms with Crippen molar-refractivity contribution >= 4 is 34.7 Å². The number of benzene rings is 1. The fourth-order valence-corrected chi connectivity index (χ4v) is 2.52. The van der Waals surface area contributed by atoms with E-state index >= 15 is 0 Å². The van der Waals surface area contributed by atoms with Gasteiger partial charge in [0, 0.05) is 10.8 Å². The SMILES string of the molecule is Clc1ccc(CSc2nncs2)cc1. The number of nitrogens with zero attached hydrogens (tertiary/aromatic N) is 2. The van der Waals surface area contributed by atoms with E-state index in [0.29, 0.717) is 0 Å². The van der Waals surface area contributed by atoms with Gasteiger partial charge in [-0.15, -0.1) is 10.2 Å². The van der Waals surface area contributed by atoms with Crippen LogP contribution in [0.5, 0.6) is 0 Å². The third kappa shape index (κ3) is 2.70. The number of hydrogen-bond acceptors (Lipinski definition) is 4. The van der Waals surface area contributed by atoms with Gasteiger partial charge in [-0.05, 0) is 17.7 Å². The molecule has 0 aliphatic rings. The Labute approximate surface area is 95.3 Å². The zero-order valence-corrected chi connectivity index (χ0v) is 9.57. The van der Waals surface area contributed by atoms with Crippen molar-refractivity contribution in [2.24, 2.45) is 0 Å². The van der Waals surface area contributed by atoms with Gasteiger partial charge in [0.1, 0.15) is 5.51 Å². The van der Waals surface area contributed by atoms with Gasteiger partial charge in [0.15, 0.2) is 4.34 Å². The summed E-state index contributed by atoms with van der Waals surface area (Å²) in [5, 5.41) is 8.50. The van der Waals surface area contributed by atoms with E-state index in [1.807, 2.05) is 24.3 Å². The van der Waals surface area contributed by atoms with E-state index < -0.39 is 0 Å². The van der Waals surface area contributed by atoms with Crippen molar-refractivity contribution in [3.8, 4) is 0 Å². The molecular weight excluding hydrogens is 236 g/mol. The summed E-state index contributed by atoms with van der Waals surface area (Å²) in [5.41, 5.74) is 2.99. The summed E-state index contributed by atoms with van der Waals surface area (Å²) < 4.78 is 1.000. The Hall–Kier alpha value is -0.580. The Kier molecular flexibility index (Phi) is 3.39. The van der Waals surface area contributed by atoms with E-state index in [1.165, 1.54) is 5.56 Å². The molecule has 0 aliphatic heterocycles. The average molecular weight is 243 g/mol. The van der Waals surface area contributed by atoms with Crippen LogP contribution in [0.25, 0.3) is 0 Å². The molecule has 0 unspecified atom stereocenters. The van der Waals surface area contributed by atoms with Crippen molar-refractivity contribution in [1.82, 2.24) is 10.2 Å². The Morgan fingerprint density at radius 1 is 1.29 bits per heavy atom. The largest absolute Gasteiger partial charge is 0.174 e. The highest BCUT2D eigenvalue weighted by Crippen LogP contribution is 2.24. The summed E-state index contributed by atoms with van der Waals surface area (Å²) in [6, 6.07) is 7.85. The molecule has 0 amide bonds. The van der Waals surface area contributed by atoms with Gasteiger partial charge in [-0.25, -0.2) is 0 Å². The van der Waals surface area contributed by atoms with Gasteiger partial charge in [0.2, 0.25) is 0 Å². The molecule has 14 heavy (non-hydrogen) atoms. The minimum absolute atomic E-state index is 0.773. The van der Waals surface area contributed by atoms with Gasteiger partial charge in [-0.2, -0.15) is 0 Å². The highest BCUT2D eigenvalue weighted by molar-refractivity contribution is 8.00. The molecule has 2 nitrogen and oxygen atoms in total. The van der Waals surface area contributed by atoms with E-state index in [4.69, 9.17) is 11.6 Å². The van der Waals surface area contributed by atoms with Gasteiger partial charge >= 0.3 is 0 Å². The Morgan fingerprint density at radius 2 is 2.07 bits per heavy atom. The van der Waals surface area contributed by atoms with Crippen LogP contribution in [0.2, 0.25) is 5.02 Å². The Bertz CT molecular complexity index is 386. The maximum absolute atomic E-state index is 5.78.